The maximum atomic E-state index is 10.1. The van der Waals surface area contributed by atoms with Gasteiger partial charge in [0.1, 0.15) is 0 Å². The normalized spacial score (nSPS) is 9.70. The summed E-state index contributed by atoms with van der Waals surface area (Å²) in [4.78, 5) is 13.9. The first-order chi connectivity index (χ1) is 4.68. The van der Waals surface area contributed by atoms with Gasteiger partial charge in [0.2, 0.25) is 0 Å². The molecule has 0 saturated heterocycles. The second-order valence-corrected chi connectivity index (χ2v) is 3.10. The van der Waals surface area contributed by atoms with Crippen molar-refractivity contribution in [3.05, 3.63) is 15.5 Å². The molecule has 0 unspecified atom stereocenters. The summed E-state index contributed by atoms with van der Waals surface area (Å²) in [6, 6.07) is 0. The van der Waals surface area contributed by atoms with Crippen LogP contribution in [0.1, 0.15) is 5.69 Å². The maximum Gasteiger partial charge on any atom is 0.309 e. The van der Waals surface area contributed by atoms with E-state index in [-0.39, 0.29) is 6.42 Å². The molecule has 0 spiro atoms. The number of nitrogens with zero attached hydrogens (tertiary/aromatic N) is 1. The number of carbonyl (C=O) groups is 1. The second-order valence-electron chi connectivity index (χ2n) is 1.66. The Morgan fingerprint density at radius 3 is 3.00 bits per heavy atom. The molecule has 0 atom stereocenters. The number of carboxylic acids is 1. The van der Waals surface area contributed by atoms with Crippen LogP contribution in [0.2, 0.25) is 4.47 Å². The molecule has 54 valence electrons. The number of aliphatic carboxylic acids is 1. The van der Waals surface area contributed by atoms with Crippen molar-refractivity contribution in [2.24, 2.45) is 0 Å². The molecule has 1 rings (SSSR count). The lowest BCUT2D eigenvalue weighted by molar-refractivity contribution is -0.136. The fraction of sp³-hybridized carbons (Fsp3) is 0.200. The number of aromatic nitrogens is 1. The molecule has 5 heteroatoms. The minimum absolute atomic E-state index is 0.0524. The smallest absolute Gasteiger partial charge is 0.309 e. The highest BCUT2D eigenvalue weighted by atomic mass is 35.5. The molecule has 1 aromatic heterocycles. The van der Waals surface area contributed by atoms with Gasteiger partial charge in [-0.2, -0.15) is 0 Å². The first-order valence-electron chi connectivity index (χ1n) is 2.50. The van der Waals surface area contributed by atoms with E-state index in [2.05, 4.69) is 4.98 Å². The summed E-state index contributed by atoms with van der Waals surface area (Å²) >= 11 is 6.70. The first kappa shape index (κ1) is 7.50. The van der Waals surface area contributed by atoms with Crippen molar-refractivity contribution in [2.45, 2.75) is 6.42 Å². The Hall–Kier alpha value is -0.610. The fourth-order valence-electron chi connectivity index (χ4n) is 0.518. The molecule has 0 saturated carbocycles. The minimum atomic E-state index is -0.887. The number of thiazole rings is 1. The Morgan fingerprint density at radius 2 is 2.60 bits per heavy atom. The van der Waals surface area contributed by atoms with Crippen LogP contribution in [0.15, 0.2) is 5.38 Å². The van der Waals surface area contributed by atoms with Gasteiger partial charge in [0.15, 0.2) is 4.47 Å². The number of rotatable bonds is 2. The van der Waals surface area contributed by atoms with Crippen LogP contribution in [-0.2, 0) is 11.2 Å². The van der Waals surface area contributed by atoms with Crippen LogP contribution in [0.25, 0.3) is 0 Å². The third-order valence-electron chi connectivity index (χ3n) is 0.856. The predicted octanol–water partition coefficient (Wildman–Crippen LogP) is 1.42. The molecule has 3 nitrogen and oxygen atoms in total. The van der Waals surface area contributed by atoms with Crippen molar-refractivity contribution < 1.29 is 9.90 Å². The summed E-state index contributed by atoms with van der Waals surface area (Å²) in [6.07, 6.45) is -0.0524. The lowest BCUT2D eigenvalue weighted by Crippen LogP contribution is -1.99. The van der Waals surface area contributed by atoms with E-state index in [0.717, 1.165) is 0 Å². The lowest BCUT2D eigenvalue weighted by Gasteiger charge is -1.84. The van der Waals surface area contributed by atoms with Gasteiger partial charge < -0.3 is 5.11 Å². The zero-order chi connectivity index (χ0) is 7.56. The summed E-state index contributed by atoms with van der Waals surface area (Å²) in [5, 5.41) is 9.93. The first-order valence-corrected chi connectivity index (χ1v) is 3.76. The van der Waals surface area contributed by atoms with Gasteiger partial charge in [-0.15, -0.1) is 11.3 Å². The molecule has 0 aliphatic heterocycles. The monoisotopic (exact) mass is 177 g/mol. The van der Waals surface area contributed by atoms with E-state index < -0.39 is 5.97 Å². The minimum Gasteiger partial charge on any atom is -0.481 e. The Labute approximate surface area is 66.3 Å². The van der Waals surface area contributed by atoms with Crippen LogP contribution in [0.5, 0.6) is 0 Å². The van der Waals surface area contributed by atoms with Crippen molar-refractivity contribution in [1.82, 2.24) is 4.98 Å². The summed E-state index contributed by atoms with van der Waals surface area (Å²) in [5.41, 5.74) is 0.516. The van der Waals surface area contributed by atoms with Crippen LogP contribution in [0.4, 0.5) is 0 Å². The third kappa shape index (κ3) is 1.97. The zero-order valence-corrected chi connectivity index (χ0v) is 6.45. The van der Waals surface area contributed by atoms with Gasteiger partial charge in [0, 0.05) is 5.38 Å². The van der Waals surface area contributed by atoms with Crippen molar-refractivity contribution in [2.75, 3.05) is 0 Å². The van der Waals surface area contributed by atoms with E-state index in [9.17, 15) is 4.79 Å². The van der Waals surface area contributed by atoms with Crippen LogP contribution in [-0.4, -0.2) is 16.1 Å². The Balaban J connectivity index is 2.67. The Kier molecular flexibility index (Phi) is 2.24. The average molecular weight is 178 g/mol. The Bertz CT molecular complexity index is 248. The molecule has 1 N–H and O–H groups in total. The van der Waals surface area contributed by atoms with Crippen LogP contribution < -0.4 is 0 Å². The van der Waals surface area contributed by atoms with E-state index in [4.69, 9.17) is 16.7 Å². The molecule has 1 heterocycles. The second kappa shape index (κ2) is 2.98. The zero-order valence-electron chi connectivity index (χ0n) is 4.87. The molecule has 1 aromatic rings. The Morgan fingerprint density at radius 1 is 1.90 bits per heavy atom. The molecular formula is C5H4ClNO2S. The molecule has 0 aliphatic rings. The fourth-order valence-corrected chi connectivity index (χ4v) is 1.30. The summed E-state index contributed by atoms with van der Waals surface area (Å²) in [5.74, 6) is -0.887. The molecule has 0 fully saturated rings. The number of hydrogen-bond acceptors (Lipinski definition) is 3. The van der Waals surface area contributed by atoms with E-state index in [0.29, 0.717) is 10.2 Å². The number of hydrogen-bond donors (Lipinski definition) is 1. The molecule has 0 aliphatic carbocycles. The number of carboxylic acid groups (broad SMARTS) is 1. The van der Waals surface area contributed by atoms with Gasteiger partial charge in [-0.3, -0.25) is 4.79 Å². The van der Waals surface area contributed by atoms with Crippen molar-refractivity contribution >= 4 is 28.9 Å². The number of halogens is 1. The summed E-state index contributed by atoms with van der Waals surface area (Å²) < 4.78 is 0.385. The largest absolute Gasteiger partial charge is 0.481 e. The van der Waals surface area contributed by atoms with E-state index in [1.807, 2.05) is 0 Å². The van der Waals surface area contributed by atoms with Gasteiger partial charge in [-0.25, -0.2) is 4.98 Å². The van der Waals surface area contributed by atoms with Crippen LogP contribution >= 0.6 is 22.9 Å². The van der Waals surface area contributed by atoms with Gasteiger partial charge in [-0.1, -0.05) is 11.6 Å². The van der Waals surface area contributed by atoms with E-state index in [1.165, 1.54) is 11.3 Å². The summed E-state index contributed by atoms with van der Waals surface area (Å²) in [6.45, 7) is 0. The molecule has 0 radical (unpaired) electrons. The molecular weight excluding hydrogens is 174 g/mol. The van der Waals surface area contributed by atoms with Gasteiger partial charge >= 0.3 is 5.97 Å². The van der Waals surface area contributed by atoms with Crippen molar-refractivity contribution in [1.29, 1.82) is 0 Å². The van der Waals surface area contributed by atoms with Crippen LogP contribution in [0.3, 0.4) is 0 Å². The van der Waals surface area contributed by atoms with E-state index >= 15 is 0 Å². The molecule has 10 heavy (non-hydrogen) atoms. The van der Waals surface area contributed by atoms with Gasteiger partial charge in [-0.05, 0) is 0 Å². The third-order valence-corrected chi connectivity index (χ3v) is 1.88. The van der Waals surface area contributed by atoms with Crippen molar-refractivity contribution in [3.63, 3.8) is 0 Å². The summed E-state index contributed by atoms with van der Waals surface area (Å²) in [7, 11) is 0. The molecule has 0 aromatic carbocycles. The van der Waals surface area contributed by atoms with Gasteiger partial charge in [0.05, 0.1) is 12.1 Å². The quantitative estimate of drug-likeness (QED) is 0.744. The highest BCUT2D eigenvalue weighted by Gasteiger charge is 2.03. The highest BCUT2D eigenvalue weighted by Crippen LogP contribution is 2.14. The SMILES string of the molecule is O=C(O)Cc1csc(Cl)n1. The maximum absolute atomic E-state index is 10.1. The lowest BCUT2D eigenvalue weighted by atomic mass is 10.3. The van der Waals surface area contributed by atoms with Gasteiger partial charge in [0.25, 0.3) is 0 Å². The van der Waals surface area contributed by atoms with Crippen LogP contribution in [0, 0.1) is 0 Å². The topological polar surface area (TPSA) is 50.2 Å². The molecule has 0 amide bonds. The standard InChI is InChI=1S/C5H4ClNO2S/c6-5-7-3(2-10-5)1-4(8)9/h2H,1H2,(H,8,9). The average Bonchev–Trinajstić information content (AvgIpc) is 2.13. The highest BCUT2D eigenvalue weighted by molar-refractivity contribution is 7.13. The van der Waals surface area contributed by atoms with E-state index in [1.54, 1.807) is 5.38 Å². The van der Waals surface area contributed by atoms with Crippen molar-refractivity contribution in [3.8, 4) is 0 Å². The molecule has 0 bridgehead atoms. The predicted molar refractivity (Wildman–Crippen MR) is 38.5 cm³/mol.